The second-order valence-corrected chi connectivity index (χ2v) is 9.55. The maximum Gasteiger partial charge on any atom is 0.161 e. The Morgan fingerprint density at radius 2 is 1.92 bits per heavy atom. The Balaban J connectivity index is 1.26. The molecular weight excluding hydrogens is 485 g/mol. The van der Waals surface area contributed by atoms with Gasteiger partial charge < -0.3 is 29.4 Å². The standard InChI is InChI=1S/C26H32FN3O5S/c1-17(31)16-36-11-10-34-7-6-33-8-9-35-24-15-21-18(13-23(24)32-2)12-22-25(21)29-30-26(22)28-20-5-3-4-19(27)14-20/h3-5,13-15,17,31H,6-12,16H2,1-2H3,(H2,28,29,30). The highest BCUT2D eigenvalue weighted by molar-refractivity contribution is 7.99. The number of aromatic nitrogens is 2. The van der Waals surface area contributed by atoms with E-state index >= 15 is 0 Å². The van der Waals surface area contributed by atoms with Crippen molar-refractivity contribution in [2.75, 3.05) is 57.0 Å². The first-order chi connectivity index (χ1) is 17.5. The molecule has 0 saturated carbocycles. The van der Waals surface area contributed by atoms with Gasteiger partial charge in [-0.05, 0) is 42.8 Å². The van der Waals surface area contributed by atoms with Crippen LogP contribution in [0.1, 0.15) is 18.1 Å². The first-order valence-electron chi connectivity index (χ1n) is 11.9. The topological polar surface area (TPSA) is 97.9 Å². The highest BCUT2D eigenvalue weighted by Crippen LogP contribution is 2.44. The smallest absolute Gasteiger partial charge is 0.161 e. The SMILES string of the molecule is COc1cc2c(cc1OCCOCCOCCSCC(C)O)-c1[nH]nc(Nc3cccc(F)c3)c1C2. The van der Waals surface area contributed by atoms with E-state index in [1.54, 1.807) is 37.9 Å². The minimum Gasteiger partial charge on any atom is -0.493 e. The molecule has 1 unspecified atom stereocenters. The third-order valence-electron chi connectivity index (χ3n) is 5.57. The zero-order valence-corrected chi connectivity index (χ0v) is 21.3. The Labute approximate surface area is 214 Å². The number of fused-ring (bicyclic) bond motifs is 3. The Bertz CT molecular complexity index is 1140. The fraction of sp³-hybridized carbons (Fsp3) is 0.423. The number of hydrogen-bond acceptors (Lipinski definition) is 8. The minimum atomic E-state index is -0.304. The largest absolute Gasteiger partial charge is 0.493 e. The molecule has 1 heterocycles. The lowest BCUT2D eigenvalue weighted by atomic mass is 10.1. The van der Waals surface area contributed by atoms with Gasteiger partial charge >= 0.3 is 0 Å². The summed E-state index contributed by atoms with van der Waals surface area (Å²) in [5.74, 6) is 3.23. The van der Waals surface area contributed by atoms with Crippen molar-refractivity contribution >= 4 is 23.3 Å². The molecule has 1 atom stereocenters. The van der Waals surface area contributed by atoms with Crippen molar-refractivity contribution in [1.29, 1.82) is 0 Å². The first kappa shape index (κ1) is 26.3. The Morgan fingerprint density at radius 1 is 1.11 bits per heavy atom. The molecule has 0 saturated heterocycles. The molecule has 0 amide bonds. The normalized spacial score (nSPS) is 12.8. The van der Waals surface area contributed by atoms with Gasteiger partial charge in [-0.2, -0.15) is 16.9 Å². The fourth-order valence-electron chi connectivity index (χ4n) is 3.91. The van der Waals surface area contributed by atoms with Crippen LogP contribution >= 0.6 is 11.8 Å². The van der Waals surface area contributed by atoms with E-state index in [1.807, 2.05) is 12.1 Å². The van der Waals surface area contributed by atoms with Crippen molar-refractivity contribution in [2.24, 2.45) is 0 Å². The second kappa shape index (κ2) is 13.0. The van der Waals surface area contributed by atoms with Crippen LogP contribution in [-0.2, 0) is 15.9 Å². The Kier molecular flexibility index (Phi) is 9.46. The predicted molar refractivity (Wildman–Crippen MR) is 139 cm³/mol. The van der Waals surface area contributed by atoms with E-state index in [1.165, 1.54) is 12.1 Å². The fourth-order valence-corrected chi connectivity index (χ4v) is 4.66. The third kappa shape index (κ3) is 6.91. The number of methoxy groups -OCH3 is 1. The molecule has 1 aromatic heterocycles. The number of aliphatic hydroxyl groups is 1. The van der Waals surface area contributed by atoms with E-state index in [4.69, 9.17) is 18.9 Å². The molecule has 0 aliphatic heterocycles. The quantitative estimate of drug-likeness (QED) is 0.200. The average molecular weight is 518 g/mol. The number of ether oxygens (including phenoxy) is 4. The molecule has 0 spiro atoms. The van der Waals surface area contributed by atoms with Gasteiger partial charge in [-0.3, -0.25) is 5.10 Å². The zero-order chi connectivity index (χ0) is 25.3. The lowest BCUT2D eigenvalue weighted by Crippen LogP contribution is -2.12. The van der Waals surface area contributed by atoms with Crippen LogP contribution in [0, 0.1) is 5.82 Å². The van der Waals surface area contributed by atoms with Crippen LogP contribution in [0.5, 0.6) is 11.5 Å². The molecule has 0 radical (unpaired) electrons. The molecule has 36 heavy (non-hydrogen) atoms. The monoisotopic (exact) mass is 517 g/mol. The highest BCUT2D eigenvalue weighted by Gasteiger charge is 2.27. The van der Waals surface area contributed by atoms with Crippen molar-refractivity contribution in [3.05, 3.63) is 53.3 Å². The number of aromatic amines is 1. The van der Waals surface area contributed by atoms with Gasteiger partial charge in [-0.15, -0.1) is 0 Å². The molecular formula is C26H32FN3O5S. The van der Waals surface area contributed by atoms with Crippen molar-refractivity contribution in [3.8, 4) is 22.8 Å². The van der Waals surface area contributed by atoms with Crippen LogP contribution < -0.4 is 14.8 Å². The number of nitrogens with zero attached hydrogens (tertiary/aromatic N) is 1. The molecule has 1 aliphatic carbocycles. The highest BCUT2D eigenvalue weighted by atomic mass is 32.2. The summed E-state index contributed by atoms with van der Waals surface area (Å²) in [7, 11) is 1.62. The van der Waals surface area contributed by atoms with E-state index in [0.717, 1.165) is 33.9 Å². The summed E-state index contributed by atoms with van der Waals surface area (Å²) in [5.41, 5.74) is 4.67. The summed E-state index contributed by atoms with van der Waals surface area (Å²) < 4.78 is 36.2. The Morgan fingerprint density at radius 3 is 2.69 bits per heavy atom. The summed E-state index contributed by atoms with van der Waals surface area (Å²) in [5, 5.41) is 19.9. The summed E-state index contributed by atoms with van der Waals surface area (Å²) in [6, 6.07) is 10.2. The van der Waals surface area contributed by atoms with Crippen molar-refractivity contribution in [1.82, 2.24) is 10.2 Å². The van der Waals surface area contributed by atoms with Crippen LogP contribution in [0.4, 0.5) is 15.9 Å². The number of anilines is 2. The average Bonchev–Trinajstić information content (AvgIpc) is 3.41. The maximum atomic E-state index is 13.6. The van der Waals surface area contributed by atoms with Gasteiger partial charge in [-0.1, -0.05) is 6.07 Å². The van der Waals surface area contributed by atoms with Crippen molar-refractivity contribution in [2.45, 2.75) is 19.4 Å². The predicted octanol–water partition coefficient (Wildman–Crippen LogP) is 4.40. The van der Waals surface area contributed by atoms with Crippen LogP contribution in [-0.4, -0.2) is 73.1 Å². The van der Waals surface area contributed by atoms with Gasteiger partial charge in [0.2, 0.25) is 0 Å². The number of thioether (sulfide) groups is 1. The molecule has 0 fully saturated rings. The number of nitrogens with one attached hydrogen (secondary N) is 2. The van der Waals surface area contributed by atoms with Gasteiger partial charge in [0.15, 0.2) is 17.3 Å². The summed E-state index contributed by atoms with van der Waals surface area (Å²) >= 11 is 1.67. The summed E-state index contributed by atoms with van der Waals surface area (Å²) in [4.78, 5) is 0. The second-order valence-electron chi connectivity index (χ2n) is 8.40. The van der Waals surface area contributed by atoms with E-state index in [9.17, 15) is 9.50 Å². The van der Waals surface area contributed by atoms with E-state index < -0.39 is 0 Å². The molecule has 194 valence electrons. The molecule has 2 aromatic carbocycles. The number of aliphatic hydroxyl groups excluding tert-OH is 1. The van der Waals surface area contributed by atoms with E-state index in [-0.39, 0.29) is 11.9 Å². The number of benzene rings is 2. The van der Waals surface area contributed by atoms with Crippen LogP contribution in [0.2, 0.25) is 0 Å². The summed E-state index contributed by atoms with van der Waals surface area (Å²) in [6.07, 6.45) is 0.390. The molecule has 0 bridgehead atoms. The molecule has 4 rings (SSSR count). The van der Waals surface area contributed by atoms with Crippen LogP contribution in [0.25, 0.3) is 11.3 Å². The van der Waals surface area contributed by atoms with Gasteiger partial charge in [0, 0.05) is 34.7 Å². The van der Waals surface area contributed by atoms with Crippen LogP contribution in [0.3, 0.4) is 0 Å². The zero-order valence-electron chi connectivity index (χ0n) is 20.5. The third-order valence-corrected chi connectivity index (χ3v) is 6.74. The number of halogens is 1. The molecule has 1 aliphatic rings. The van der Waals surface area contributed by atoms with Crippen LogP contribution in [0.15, 0.2) is 36.4 Å². The van der Waals surface area contributed by atoms with E-state index in [0.29, 0.717) is 62.5 Å². The minimum absolute atomic E-state index is 0.287. The lowest BCUT2D eigenvalue weighted by molar-refractivity contribution is 0.0409. The summed E-state index contributed by atoms with van der Waals surface area (Å²) in [6.45, 7) is 4.23. The Hall–Kier alpha value is -2.79. The molecule has 8 nitrogen and oxygen atoms in total. The molecule has 3 N–H and O–H groups in total. The first-order valence-corrected chi connectivity index (χ1v) is 13.1. The van der Waals surface area contributed by atoms with E-state index in [2.05, 4.69) is 15.5 Å². The molecule has 3 aromatic rings. The van der Waals surface area contributed by atoms with Gasteiger partial charge in [0.05, 0.1) is 45.3 Å². The maximum absolute atomic E-state index is 13.6. The van der Waals surface area contributed by atoms with Crippen molar-refractivity contribution < 1.29 is 28.4 Å². The lowest BCUT2D eigenvalue weighted by Gasteiger charge is -2.13. The number of rotatable bonds is 15. The van der Waals surface area contributed by atoms with Gasteiger partial charge in [0.25, 0.3) is 0 Å². The van der Waals surface area contributed by atoms with Crippen molar-refractivity contribution in [3.63, 3.8) is 0 Å². The van der Waals surface area contributed by atoms with Gasteiger partial charge in [0.1, 0.15) is 12.4 Å². The van der Waals surface area contributed by atoms with Gasteiger partial charge in [-0.25, -0.2) is 4.39 Å². The molecule has 10 heteroatoms. The number of H-pyrrole nitrogens is 1. The number of hydrogen-bond donors (Lipinski definition) is 3.